The van der Waals surface area contributed by atoms with Gasteiger partial charge < -0.3 is 9.42 Å². The van der Waals surface area contributed by atoms with Gasteiger partial charge >= 0.3 is 0 Å². The van der Waals surface area contributed by atoms with Crippen molar-refractivity contribution in [3.8, 4) is 11.5 Å². The lowest BCUT2D eigenvalue weighted by molar-refractivity contribution is -0.140. The Morgan fingerprint density at radius 1 is 1.23 bits per heavy atom. The lowest BCUT2D eigenvalue weighted by Crippen LogP contribution is -2.50. The van der Waals surface area contributed by atoms with E-state index < -0.39 is 0 Å². The van der Waals surface area contributed by atoms with Gasteiger partial charge in [0.05, 0.1) is 5.92 Å². The number of aromatic nitrogens is 3. The summed E-state index contributed by atoms with van der Waals surface area (Å²) in [6, 6.07) is 5.60. The summed E-state index contributed by atoms with van der Waals surface area (Å²) >= 11 is 0. The number of hydrogen-bond donors (Lipinski definition) is 0. The fraction of sp³-hybridized carbons (Fsp3) is 0.500. The van der Waals surface area contributed by atoms with Crippen LogP contribution in [0.15, 0.2) is 28.9 Å². The molecule has 6 nitrogen and oxygen atoms in total. The number of likely N-dealkylation sites (tertiary alicyclic amines) is 1. The van der Waals surface area contributed by atoms with E-state index in [1.165, 1.54) is 12.8 Å². The Labute approximate surface area is 128 Å². The van der Waals surface area contributed by atoms with Gasteiger partial charge in [-0.05, 0) is 25.0 Å². The molecule has 0 unspecified atom stereocenters. The summed E-state index contributed by atoms with van der Waals surface area (Å²) in [7, 11) is 0. The smallest absolute Gasteiger partial charge is 0.233 e. The standard InChI is InChI=1S/C16H18N4O2/c21-16(11-5-1-2-6-11)20-9-12(10-20)15-18-14(19-22-15)13-7-3-4-8-17-13/h3-4,7-8,11-12H,1-2,5-6,9-10H2. The van der Waals surface area contributed by atoms with Gasteiger partial charge in [0, 0.05) is 25.2 Å². The van der Waals surface area contributed by atoms with E-state index in [0.29, 0.717) is 36.4 Å². The maximum atomic E-state index is 12.3. The largest absolute Gasteiger partial charge is 0.341 e. The molecule has 22 heavy (non-hydrogen) atoms. The molecule has 2 aromatic rings. The third kappa shape index (κ3) is 2.38. The molecule has 0 atom stereocenters. The first-order valence-corrected chi connectivity index (χ1v) is 7.85. The number of pyridine rings is 1. The Bertz CT molecular complexity index is 658. The topological polar surface area (TPSA) is 72.1 Å². The van der Waals surface area contributed by atoms with Gasteiger partial charge in [-0.3, -0.25) is 9.78 Å². The molecule has 0 aromatic carbocycles. The molecule has 6 heteroatoms. The van der Waals surface area contributed by atoms with E-state index >= 15 is 0 Å². The molecule has 0 radical (unpaired) electrons. The monoisotopic (exact) mass is 298 g/mol. The van der Waals surface area contributed by atoms with Gasteiger partial charge in [-0.15, -0.1) is 0 Å². The van der Waals surface area contributed by atoms with Crippen LogP contribution >= 0.6 is 0 Å². The maximum Gasteiger partial charge on any atom is 0.233 e. The minimum absolute atomic E-state index is 0.162. The van der Waals surface area contributed by atoms with E-state index in [1.807, 2.05) is 23.1 Å². The molecule has 1 amide bonds. The van der Waals surface area contributed by atoms with E-state index in [-0.39, 0.29) is 11.8 Å². The molecule has 0 spiro atoms. The summed E-state index contributed by atoms with van der Waals surface area (Å²) < 4.78 is 5.34. The zero-order chi connectivity index (χ0) is 14.9. The highest BCUT2D eigenvalue weighted by Crippen LogP contribution is 2.32. The molecule has 114 valence electrons. The van der Waals surface area contributed by atoms with Crippen molar-refractivity contribution in [3.05, 3.63) is 30.3 Å². The molecule has 2 aromatic heterocycles. The maximum absolute atomic E-state index is 12.3. The summed E-state index contributed by atoms with van der Waals surface area (Å²) in [6.07, 6.45) is 6.17. The van der Waals surface area contributed by atoms with E-state index in [0.717, 1.165) is 12.8 Å². The number of hydrogen-bond acceptors (Lipinski definition) is 5. The highest BCUT2D eigenvalue weighted by Gasteiger charge is 2.38. The van der Waals surface area contributed by atoms with Crippen molar-refractivity contribution in [1.82, 2.24) is 20.0 Å². The fourth-order valence-corrected chi connectivity index (χ4v) is 3.25. The Kier molecular flexibility index (Phi) is 3.36. The molecule has 0 N–H and O–H groups in total. The van der Waals surface area contributed by atoms with Gasteiger partial charge in [-0.25, -0.2) is 0 Å². The predicted molar refractivity (Wildman–Crippen MR) is 78.8 cm³/mol. The summed E-state index contributed by atoms with van der Waals surface area (Å²) in [5, 5.41) is 3.98. The van der Waals surface area contributed by atoms with Crippen molar-refractivity contribution < 1.29 is 9.32 Å². The summed E-state index contributed by atoms with van der Waals surface area (Å²) in [5.41, 5.74) is 0.704. The Balaban J connectivity index is 1.39. The Morgan fingerprint density at radius 3 is 2.77 bits per heavy atom. The molecule has 2 aliphatic rings. The van der Waals surface area contributed by atoms with E-state index in [1.54, 1.807) is 6.20 Å². The molecule has 1 saturated heterocycles. The van der Waals surface area contributed by atoms with Gasteiger partial charge in [0.2, 0.25) is 17.6 Å². The van der Waals surface area contributed by atoms with Crippen LogP contribution in [0.5, 0.6) is 0 Å². The second kappa shape index (κ2) is 5.51. The minimum Gasteiger partial charge on any atom is -0.341 e. The second-order valence-electron chi connectivity index (χ2n) is 6.09. The quantitative estimate of drug-likeness (QED) is 0.869. The molecule has 1 aliphatic carbocycles. The van der Waals surface area contributed by atoms with Crippen molar-refractivity contribution in [2.45, 2.75) is 31.6 Å². The van der Waals surface area contributed by atoms with Crippen molar-refractivity contribution in [1.29, 1.82) is 0 Å². The Hall–Kier alpha value is -2.24. The first-order chi connectivity index (χ1) is 10.8. The van der Waals surface area contributed by atoms with Gasteiger partial charge in [-0.1, -0.05) is 24.1 Å². The number of rotatable bonds is 3. The molecule has 1 saturated carbocycles. The zero-order valence-corrected chi connectivity index (χ0v) is 12.3. The lowest BCUT2D eigenvalue weighted by atomic mass is 9.96. The molecular formula is C16H18N4O2. The highest BCUT2D eigenvalue weighted by molar-refractivity contribution is 5.80. The number of nitrogens with zero attached hydrogens (tertiary/aromatic N) is 4. The van der Waals surface area contributed by atoms with Gasteiger partial charge in [0.15, 0.2) is 0 Å². The molecule has 0 bridgehead atoms. The van der Waals surface area contributed by atoms with Crippen LogP contribution in [-0.2, 0) is 4.79 Å². The first-order valence-electron chi connectivity index (χ1n) is 7.85. The summed E-state index contributed by atoms with van der Waals surface area (Å²) in [6.45, 7) is 1.39. The first kappa shape index (κ1) is 13.4. The van der Waals surface area contributed by atoms with E-state index in [2.05, 4.69) is 15.1 Å². The van der Waals surface area contributed by atoms with Crippen LogP contribution in [0.2, 0.25) is 0 Å². The van der Waals surface area contributed by atoms with Crippen molar-refractivity contribution in [2.75, 3.05) is 13.1 Å². The van der Waals surface area contributed by atoms with Gasteiger partial charge in [0.25, 0.3) is 0 Å². The van der Waals surface area contributed by atoms with Crippen LogP contribution < -0.4 is 0 Å². The van der Waals surface area contributed by atoms with Crippen molar-refractivity contribution >= 4 is 5.91 Å². The van der Waals surface area contributed by atoms with Crippen LogP contribution in [0.3, 0.4) is 0 Å². The predicted octanol–water partition coefficient (Wildman–Crippen LogP) is 2.25. The van der Waals surface area contributed by atoms with Crippen LogP contribution in [0.25, 0.3) is 11.5 Å². The number of carbonyl (C=O) groups excluding carboxylic acids is 1. The number of amides is 1. The molecule has 2 fully saturated rings. The highest BCUT2D eigenvalue weighted by atomic mass is 16.5. The third-order valence-electron chi connectivity index (χ3n) is 4.58. The van der Waals surface area contributed by atoms with Crippen LogP contribution in [0.1, 0.15) is 37.5 Å². The van der Waals surface area contributed by atoms with Gasteiger partial charge in [0.1, 0.15) is 5.69 Å². The molecular weight excluding hydrogens is 280 g/mol. The lowest BCUT2D eigenvalue weighted by Gasteiger charge is -2.38. The third-order valence-corrected chi connectivity index (χ3v) is 4.58. The van der Waals surface area contributed by atoms with Gasteiger partial charge in [-0.2, -0.15) is 4.98 Å². The zero-order valence-electron chi connectivity index (χ0n) is 12.3. The minimum atomic E-state index is 0.162. The normalized spacial score (nSPS) is 19.4. The van der Waals surface area contributed by atoms with Crippen molar-refractivity contribution in [2.24, 2.45) is 5.92 Å². The molecule has 4 rings (SSSR count). The van der Waals surface area contributed by atoms with Crippen LogP contribution in [-0.4, -0.2) is 39.0 Å². The summed E-state index contributed by atoms with van der Waals surface area (Å²) in [5.74, 6) is 1.83. The summed E-state index contributed by atoms with van der Waals surface area (Å²) in [4.78, 5) is 22.8. The van der Waals surface area contributed by atoms with E-state index in [4.69, 9.17) is 4.52 Å². The molecule has 3 heterocycles. The van der Waals surface area contributed by atoms with Crippen LogP contribution in [0, 0.1) is 5.92 Å². The second-order valence-corrected chi connectivity index (χ2v) is 6.09. The van der Waals surface area contributed by atoms with Crippen molar-refractivity contribution in [3.63, 3.8) is 0 Å². The van der Waals surface area contributed by atoms with E-state index in [9.17, 15) is 4.79 Å². The van der Waals surface area contributed by atoms with Crippen LogP contribution in [0.4, 0.5) is 0 Å². The molecule has 1 aliphatic heterocycles. The Morgan fingerprint density at radius 2 is 2.05 bits per heavy atom. The average Bonchev–Trinajstić information content (AvgIpc) is 3.18. The SMILES string of the molecule is O=C(C1CCCC1)N1CC(c2nc(-c3ccccn3)no2)C1. The number of carbonyl (C=O) groups is 1. The average molecular weight is 298 g/mol. The fourth-order valence-electron chi connectivity index (χ4n) is 3.25.